The number of ketones is 1. The van der Waals surface area contributed by atoms with E-state index in [1.54, 1.807) is 49.5 Å². The fourth-order valence-electron chi connectivity index (χ4n) is 4.99. The molecule has 1 heterocycles. The molecule has 2 aromatic carbocycles. The molecule has 34 heavy (non-hydrogen) atoms. The molecule has 0 bridgehead atoms. The third-order valence-electron chi connectivity index (χ3n) is 6.40. The van der Waals surface area contributed by atoms with Gasteiger partial charge >= 0.3 is 0 Å². The van der Waals surface area contributed by atoms with E-state index in [2.05, 4.69) is 5.32 Å². The van der Waals surface area contributed by atoms with Gasteiger partial charge in [-0.1, -0.05) is 13.8 Å². The summed E-state index contributed by atoms with van der Waals surface area (Å²) >= 11 is 0. The Bertz CT molecular complexity index is 1180. The van der Waals surface area contributed by atoms with Gasteiger partial charge in [0, 0.05) is 53.9 Å². The number of ether oxygens (including phenoxy) is 2. The number of nitrogens with one attached hydrogen (secondary N) is 1. The minimum absolute atomic E-state index is 0.0495. The number of benzene rings is 2. The highest BCUT2D eigenvalue weighted by Gasteiger charge is 2.45. The fourth-order valence-corrected chi connectivity index (χ4v) is 4.99. The first-order valence-electron chi connectivity index (χ1n) is 11.3. The van der Waals surface area contributed by atoms with E-state index in [9.17, 15) is 14.4 Å². The van der Waals surface area contributed by atoms with Gasteiger partial charge in [-0.25, -0.2) is 0 Å². The molecule has 0 saturated heterocycles. The molecular weight excluding hydrogens is 432 g/mol. The second-order valence-corrected chi connectivity index (χ2v) is 9.62. The van der Waals surface area contributed by atoms with Crippen LogP contribution in [0.5, 0.6) is 11.5 Å². The molecule has 0 saturated carbocycles. The van der Waals surface area contributed by atoms with E-state index in [4.69, 9.17) is 9.47 Å². The van der Waals surface area contributed by atoms with Crippen LogP contribution in [0.4, 0.5) is 11.4 Å². The SMILES string of the molecule is COc1ccc(OC)c(C2CC(=O)N(c3ccc(NC(C)=O)cc3)C3=C2C(=O)CC(C)(C)C3)c1. The molecule has 1 aliphatic heterocycles. The highest BCUT2D eigenvalue weighted by atomic mass is 16.5. The number of nitrogens with zero attached hydrogens (tertiary/aromatic N) is 1. The maximum absolute atomic E-state index is 13.6. The van der Waals surface area contributed by atoms with Crippen LogP contribution in [0.1, 0.15) is 51.5 Å². The standard InChI is InChI=1S/C27H30N2O5/c1-16(30)28-17-6-8-18(9-7-17)29-22-14-27(2,3)15-23(31)26(22)21(13-25(29)32)20-12-19(33-4)10-11-24(20)34-5/h6-12,21H,13-15H2,1-5H3,(H,28,30). The molecule has 2 aromatic rings. The molecule has 1 unspecified atom stereocenters. The molecule has 1 aliphatic carbocycles. The molecule has 7 heteroatoms. The van der Waals surface area contributed by atoms with Gasteiger partial charge in [0.25, 0.3) is 0 Å². The van der Waals surface area contributed by atoms with Gasteiger partial charge in [-0.2, -0.15) is 0 Å². The Kier molecular flexibility index (Phi) is 6.21. The first-order valence-corrected chi connectivity index (χ1v) is 11.3. The maximum atomic E-state index is 13.6. The van der Waals surface area contributed by atoms with Crippen molar-refractivity contribution in [3.63, 3.8) is 0 Å². The Balaban J connectivity index is 1.86. The van der Waals surface area contributed by atoms with Crippen molar-refractivity contribution in [2.75, 3.05) is 24.4 Å². The number of rotatable bonds is 5. The lowest BCUT2D eigenvalue weighted by Crippen LogP contribution is -2.43. The van der Waals surface area contributed by atoms with Gasteiger partial charge < -0.3 is 14.8 Å². The van der Waals surface area contributed by atoms with Crippen LogP contribution >= 0.6 is 0 Å². The van der Waals surface area contributed by atoms with Crippen LogP contribution < -0.4 is 19.7 Å². The van der Waals surface area contributed by atoms with Crippen molar-refractivity contribution in [2.24, 2.45) is 5.41 Å². The van der Waals surface area contributed by atoms with Gasteiger partial charge in [0.1, 0.15) is 11.5 Å². The molecule has 4 rings (SSSR count). The van der Waals surface area contributed by atoms with E-state index in [0.717, 1.165) is 11.3 Å². The Morgan fingerprint density at radius 1 is 1.03 bits per heavy atom. The van der Waals surface area contributed by atoms with Crippen LogP contribution in [0.15, 0.2) is 53.7 Å². The van der Waals surface area contributed by atoms with Gasteiger partial charge in [0.05, 0.1) is 14.2 Å². The number of amides is 2. The summed E-state index contributed by atoms with van der Waals surface area (Å²) in [5.74, 6) is 0.647. The highest BCUT2D eigenvalue weighted by Crippen LogP contribution is 2.50. The number of methoxy groups -OCH3 is 2. The van der Waals surface area contributed by atoms with Crippen LogP contribution in [0, 0.1) is 5.41 Å². The Hall–Kier alpha value is -3.61. The van der Waals surface area contributed by atoms with E-state index in [0.29, 0.717) is 41.3 Å². The molecule has 0 fully saturated rings. The van der Waals surface area contributed by atoms with E-state index in [1.165, 1.54) is 6.92 Å². The van der Waals surface area contributed by atoms with Crippen LogP contribution in [-0.4, -0.2) is 31.8 Å². The van der Waals surface area contributed by atoms with Crippen molar-refractivity contribution < 1.29 is 23.9 Å². The predicted octanol–water partition coefficient (Wildman–Crippen LogP) is 4.83. The van der Waals surface area contributed by atoms with E-state index in [-0.39, 0.29) is 29.4 Å². The summed E-state index contributed by atoms with van der Waals surface area (Å²) < 4.78 is 11.0. The van der Waals surface area contributed by atoms with Gasteiger partial charge in [-0.3, -0.25) is 19.3 Å². The molecular formula is C27H30N2O5. The monoisotopic (exact) mass is 462 g/mol. The molecule has 178 valence electrons. The summed E-state index contributed by atoms with van der Waals surface area (Å²) in [5.41, 5.74) is 3.22. The minimum Gasteiger partial charge on any atom is -0.497 e. The van der Waals surface area contributed by atoms with Crippen LogP contribution in [0.3, 0.4) is 0 Å². The third-order valence-corrected chi connectivity index (χ3v) is 6.40. The zero-order chi connectivity index (χ0) is 24.6. The Morgan fingerprint density at radius 3 is 2.35 bits per heavy atom. The average molecular weight is 463 g/mol. The zero-order valence-electron chi connectivity index (χ0n) is 20.2. The van der Waals surface area contributed by atoms with E-state index >= 15 is 0 Å². The van der Waals surface area contributed by atoms with Crippen molar-refractivity contribution in [1.29, 1.82) is 0 Å². The number of anilines is 2. The number of carbonyl (C=O) groups is 3. The van der Waals surface area contributed by atoms with Gasteiger partial charge in [-0.05, 0) is 54.3 Å². The molecule has 0 spiro atoms. The summed E-state index contributed by atoms with van der Waals surface area (Å²) in [6, 6.07) is 12.6. The maximum Gasteiger partial charge on any atom is 0.232 e. The van der Waals surface area contributed by atoms with Crippen LogP contribution in [0.2, 0.25) is 0 Å². The number of allylic oxidation sites excluding steroid dienone is 2. The smallest absolute Gasteiger partial charge is 0.232 e. The van der Waals surface area contributed by atoms with Gasteiger partial charge in [0.15, 0.2) is 5.78 Å². The number of hydrogen-bond acceptors (Lipinski definition) is 5. The topological polar surface area (TPSA) is 84.9 Å². The minimum atomic E-state index is -0.411. The molecule has 7 nitrogen and oxygen atoms in total. The van der Waals surface area contributed by atoms with Gasteiger partial charge in [0.2, 0.25) is 11.8 Å². The molecule has 2 amide bonds. The quantitative estimate of drug-likeness (QED) is 0.688. The largest absolute Gasteiger partial charge is 0.497 e. The van der Waals surface area contributed by atoms with Crippen LogP contribution in [-0.2, 0) is 14.4 Å². The second-order valence-electron chi connectivity index (χ2n) is 9.62. The van der Waals surface area contributed by atoms with Crippen molar-refractivity contribution >= 4 is 29.0 Å². The summed E-state index contributed by atoms with van der Waals surface area (Å²) in [5, 5.41) is 2.74. The summed E-state index contributed by atoms with van der Waals surface area (Å²) in [4.78, 5) is 40.2. The molecule has 0 aromatic heterocycles. The molecule has 0 radical (unpaired) electrons. The zero-order valence-corrected chi connectivity index (χ0v) is 20.2. The number of hydrogen-bond donors (Lipinski definition) is 1. The normalized spacial score (nSPS) is 19.6. The summed E-state index contributed by atoms with van der Waals surface area (Å²) in [6.45, 7) is 5.54. The van der Waals surface area contributed by atoms with Gasteiger partial charge in [-0.15, -0.1) is 0 Å². The average Bonchev–Trinajstić information content (AvgIpc) is 2.77. The Morgan fingerprint density at radius 2 is 1.74 bits per heavy atom. The summed E-state index contributed by atoms with van der Waals surface area (Å²) in [7, 11) is 3.17. The lowest BCUT2D eigenvalue weighted by molar-refractivity contribution is -0.121. The first kappa shape index (κ1) is 23.5. The molecule has 1 atom stereocenters. The second kappa shape index (κ2) is 8.97. The third kappa shape index (κ3) is 4.42. The highest BCUT2D eigenvalue weighted by molar-refractivity contribution is 6.08. The fraction of sp³-hybridized carbons (Fsp3) is 0.370. The molecule has 1 N–H and O–H groups in total. The predicted molar refractivity (Wildman–Crippen MR) is 130 cm³/mol. The Labute approximate surface area is 199 Å². The number of Topliss-reactive ketones (excluding diaryl/α,β-unsaturated/α-hetero) is 1. The van der Waals surface area contributed by atoms with Crippen molar-refractivity contribution in [3.8, 4) is 11.5 Å². The van der Waals surface area contributed by atoms with E-state index < -0.39 is 5.92 Å². The first-order chi connectivity index (χ1) is 16.1. The summed E-state index contributed by atoms with van der Waals surface area (Å²) in [6.07, 6.45) is 1.15. The van der Waals surface area contributed by atoms with E-state index in [1.807, 2.05) is 26.0 Å². The lowest BCUT2D eigenvalue weighted by Gasteiger charge is -2.43. The molecule has 2 aliphatic rings. The van der Waals surface area contributed by atoms with Crippen molar-refractivity contribution in [1.82, 2.24) is 0 Å². The van der Waals surface area contributed by atoms with Crippen LogP contribution in [0.25, 0.3) is 0 Å². The number of carbonyl (C=O) groups excluding carboxylic acids is 3. The lowest BCUT2D eigenvalue weighted by atomic mass is 9.69. The van der Waals surface area contributed by atoms with Crippen molar-refractivity contribution in [3.05, 3.63) is 59.3 Å². The van der Waals surface area contributed by atoms with Crippen molar-refractivity contribution in [2.45, 2.75) is 46.0 Å².